The van der Waals surface area contributed by atoms with Gasteiger partial charge in [0.25, 0.3) is 0 Å². The minimum atomic E-state index is 0.668. The topological polar surface area (TPSA) is 34.1 Å². The van der Waals surface area contributed by atoms with E-state index in [9.17, 15) is 0 Å². The molecular weight excluding hydrogens is 256 g/mol. The summed E-state index contributed by atoms with van der Waals surface area (Å²) in [6.07, 6.45) is 0. The lowest BCUT2D eigenvalue weighted by molar-refractivity contribution is 0.415. The highest BCUT2D eigenvalue weighted by Gasteiger charge is 2.05. The van der Waals surface area contributed by atoms with E-state index >= 15 is 0 Å². The predicted octanol–water partition coefficient (Wildman–Crippen LogP) is 3.56. The van der Waals surface area contributed by atoms with Gasteiger partial charge in [0.05, 0.1) is 12.8 Å². The van der Waals surface area contributed by atoms with Gasteiger partial charge in [-0.2, -0.15) is 0 Å². The molecule has 0 bridgehead atoms. The zero-order chi connectivity index (χ0) is 13.7. The summed E-state index contributed by atoms with van der Waals surface area (Å²) in [5, 5.41) is 6.65. The van der Waals surface area contributed by atoms with E-state index in [0.717, 1.165) is 35.1 Å². The molecule has 0 atom stereocenters. The highest BCUT2D eigenvalue weighted by atomic mass is 32.1. The van der Waals surface area contributed by atoms with Gasteiger partial charge in [-0.25, -0.2) is 4.98 Å². The van der Waals surface area contributed by atoms with Crippen molar-refractivity contribution in [2.45, 2.75) is 20.4 Å². The van der Waals surface area contributed by atoms with Crippen LogP contribution in [-0.2, 0) is 6.54 Å². The lowest BCUT2D eigenvalue weighted by Crippen LogP contribution is -2.18. The molecule has 0 aliphatic heterocycles. The Labute approximate surface area is 118 Å². The van der Waals surface area contributed by atoms with E-state index in [1.807, 2.05) is 24.3 Å². The second kappa shape index (κ2) is 6.68. The Morgan fingerprint density at radius 2 is 2.00 bits per heavy atom. The van der Waals surface area contributed by atoms with E-state index in [1.54, 1.807) is 18.4 Å². The minimum Gasteiger partial charge on any atom is -0.497 e. The smallest absolute Gasteiger partial charge is 0.118 e. The summed E-state index contributed by atoms with van der Waals surface area (Å²) in [7, 11) is 1.68. The summed E-state index contributed by atoms with van der Waals surface area (Å²) in [4.78, 5) is 4.65. The molecule has 102 valence electrons. The molecule has 4 heteroatoms. The van der Waals surface area contributed by atoms with Crippen molar-refractivity contribution >= 4 is 11.3 Å². The van der Waals surface area contributed by atoms with E-state index in [2.05, 4.69) is 29.5 Å². The van der Waals surface area contributed by atoms with Gasteiger partial charge in [0.15, 0.2) is 0 Å². The molecule has 2 rings (SSSR count). The van der Waals surface area contributed by atoms with Crippen LogP contribution < -0.4 is 10.1 Å². The number of hydrogen-bond acceptors (Lipinski definition) is 4. The number of nitrogens with zero attached hydrogens (tertiary/aromatic N) is 1. The Hall–Kier alpha value is -1.39. The predicted molar refractivity (Wildman–Crippen MR) is 80.6 cm³/mol. The van der Waals surface area contributed by atoms with Gasteiger partial charge in [-0.05, 0) is 36.7 Å². The summed E-state index contributed by atoms with van der Waals surface area (Å²) < 4.78 is 5.16. The van der Waals surface area contributed by atoms with Crippen LogP contribution in [0, 0.1) is 5.92 Å². The summed E-state index contributed by atoms with van der Waals surface area (Å²) in [6, 6.07) is 8.01. The second-order valence-corrected chi connectivity index (χ2v) is 5.82. The van der Waals surface area contributed by atoms with Crippen molar-refractivity contribution in [3.63, 3.8) is 0 Å². The lowest BCUT2D eigenvalue weighted by Gasteiger charge is -2.04. The fraction of sp³-hybridized carbons (Fsp3) is 0.400. The molecule has 0 fully saturated rings. The van der Waals surface area contributed by atoms with Gasteiger partial charge in [-0.3, -0.25) is 0 Å². The van der Waals surface area contributed by atoms with Gasteiger partial charge in [0.2, 0.25) is 0 Å². The molecule has 1 aromatic heterocycles. The van der Waals surface area contributed by atoms with Crippen LogP contribution in [0.2, 0.25) is 0 Å². The Balaban J connectivity index is 1.99. The average Bonchev–Trinajstić information content (AvgIpc) is 2.87. The number of hydrogen-bond donors (Lipinski definition) is 1. The van der Waals surface area contributed by atoms with Gasteiger partial charge in [0, 0.05) is 17.5 Å². The van der Waals surface area contributed by atoms with E-state index in [-0.39, 0.29) is 0 Å². The Morgan fingerprint density at radius 3 is 2.63 bits per heavy atom. The molecule has 0 amide bonds. The van der Waals surface area contributed by atoms with Crippen LogP contribution in [0.4, 0.5) is 0 Å². The summed E-state index contributed by atoms with van der Waals surface area (Å²) in [5.41, 5.74) is 2.17. The first kappa shape index (κ1) is 14.0. The standard InChI is InChI=1S/C15H20N2OS/c1-11(2)8-16-9-15-17-14(10-19-15)12-4-6-13(18-3)7-5-12/h4-7,10-11,16H,8-9H2,1-3H3. The van der Waals surface area contributed by atoms with Crippen molar-refractivity contribution in [2.24, 2.45) is 5.92 Å². The molecule has 0 aliphatic carbocycles. The molecule has 1 N–H and O–H groups in total. The molecule has 19 heavy (non-hydrogen) atoms. The quantitative estimate of drug-likeness (QED) is 0.876. The van der Waals surface area contributed by atoms with Crippen LogP contribution in [0.5, 0.6) is 5.75 Å². The van der Waals surface area contributed by atoms with Crippen LogP contribution in [0.15, 0.2) is 29.6 Å². The van der Waals surface area contributed by atoms with E-state index in [1.165, 1.54) is 0 Å². The minimum absolute atomic E-state index is 0.668. The Bertz CT molecular complexity index is 505. The first-order chi connectivity index (χ1) is 9.19. The Kier molecular flexibility index (Phi) is 4.93. The number of methoxy groups -OCH3 is 1. The molecule has 0 radical (unpaired) electrons. The molecule has 0 spiro atoms. The van der Waals surface area contributed by atoms with E-state index < -0.39 is 0 Å². The third-order valence-electron chi connectivity index (χ3n) is 2.77. The molecular formula is C15H20N2OS. The molecule has 0 saturated carbocycles. The number of ether oxygens (including phenoxy) is 1. The van der Waals surface area contributed by atoms with Crippen LogP contribution in [0.3, 0.4) is 0 Å². The van der Waals surface area contributed by atoms with Crippen molar-refractivity contribution in [3.05, 3.63) is 34.7 Å². The first-order valence-electron chi connectivity index (χ1n) is 6.48. The first-order valence-corrected chi connectivity index (χ1v) is 7.36. The van der Waals surface area contributed by atoms with Crippen molar-refractivity contribution < 1.29 is 4.74 Å². The van der Waals surface area contributed by atoms with Crippen molar-refractivity contribution in [3.8, 4) is 17.0 Å². The number of benzene rings is 1. The van der Waals surface area contributed by atoms with Crippen LogP contribution in [0.25, 0.3) is 11.3 Å². The summed E-state index contributed by atoms with van der Waals surface area (Å²) in [6.45, 7) is 6.28. The molecule has 0 aliphatic rings. The van der Waals surface area contributed by atoms with Crippen molar-refractivity contribution in [1.82, 2.24) is 10.3 Å². The third-order valence-corrected chi connectivity index (χ3v) is 3.62. The molecule has 0 saturated heterocycles. The Morgan fingerprint density at radius 1 is 1.26 bits per heavy atom. The van der Waals surface area contributed by atoms with Crippen LogP contribution in [0.1, 0.15) is 18.9 Å². The molecule has 0 unspecified atom stereocenters. The lowest BCUT2D eigenvalue weighted by atomic mass is 10.2. The number of aromatic nitrogens is 1. The van der Waals surface area contributed by atoms with Crippen molar-refractivity contribution in [1.29, 1.82) is 0 Å². The maximum atomic E-state index is 5.16. The SMILES string of the molecule is COc1ccc(-c2csc(CNCC(C)C)n2)cc1. The highest BCUT2D eigenvalue weighted by molar-refractivity contribution is 7.09. The fourth-order valence-electron chi connectivity index (χ4n) is 1.75. The molecule has 2 aromatic rings. The van der Waals surface area contributed by atoms with Gasteiger partial charge in [-0.1, -0.05) is 13.8 Å². The van der Waals surface area contributed by atoms with Gasteiger partial charge < -0.3 is 10.1 Å². The van der Waals surface area contributed by atoms with Crippen LogP contribution in [-0.4, -0.2) is 18.6 Å². The summed E-state index contributed by atoms with van der Waals surface area (Å²) >= 11 is 1.70. The second-order valence-electron chi connectivity index (χ2n) is 4.88. The van der Waals surface area contributed by atoms with Gasteiger partial charge in [0.1, 0.15) is 10.8 Å². The largest absolute Gasteiger partial charge is 0.497 e. The fourth-order valence-corrected chi connectivity index (χ4v) is 2.53. The van der Waals surface area contributed by atoms with Gasteiger partial charge >= 0.3 is 0 Å². The average molecular weight is 276 g/mol. The van der Waals surface area contributed by atoms with E-state index in [0.29, 0.717) is 5.92 Å². The molecule has 1 heterocycles. The monoisotopic (exact) mass is 276 g/mol. The zero-order valence-electron chi connectivity index (χ0n) is 11.6. The maximum absolute atomic E-state index is 5.16. The van der Waals surface area contributed by atoms with Gasteiger partial charge in [-0.15, -0.1) is 11.3 Å². The zero-order valence-corrected chi connectivity index (χ0v) is 12.5. The molecule has 1 aromatic carbocycles. The number of rotatable bonds is 6. The number of nitrogens with one attached hydrogen (secondary N) is 1. The van der Waals surface area contributed by atoms with E-state index in [4.69, 9.17) is 4.74 Å². The summed E-state index contributed by atoms with van der Waals surface area (Å²) in [5.74, 6) is 1.54. The van der Waals surface area contributed by atoms with Crippen LogP contribution >= 0.6 is 11.3 Å². The number of thiazole rings is 1. The highest BCUT2D eigenvalue weighted by Crippen LogP contribution is 2.24. The molecule has 3 nitrogen and oxygen atoms in total. The maximum Gasteiger partial charge on any atom is 0.118 e. The normalized spacial score (nSPS) is 10.9. The third kappa shape index (κ3) is 4.04. The van der Waals surface area contributed by atoms with Crippen molar-refractivity contribution in [2.75, 3.05) is 13.7 Å².